The van der Waals surface area contributed by atoms with Crippen molar-refractivity contribution in [1.29, 1.82) is 0 Å². The van der Waals surface area contributed by atoms with Gasteiger partial charge >= 0.3 is 0 Å². The minimum absolute atomic E-state index is 0.858. The highest BCUT2D eigenvalue weighted by molar-refractivity contribution is 5.89. The lowest BCUT2D eigenvalue weighted by molar-refractivity contribution is -0.217. The molecule has 1 saturated heterocycles. The molecule has 0 saturated carbocycles. The van der Waals surface area contributed by atoms with E-state index in [-0.39, 0.29) is 0 Å². The van der Waals surface area contributed by atoms with Crippen LogP contribution in [0.4, 0.5) is 0 Å². The van der Waals surface area contributed by atoms with Gasteiger partial charge in [0.05, 0.1) is 18.8 Å². The van der Waals surface area contributed by atoms with Gasteiger partial charge < -0.3 is 46.2 Å². The highest BCUT2D eigenvalue weighted by Gasteiger charge is 2.47. The van der Waals surface area contributed by atoms with E-state index in [1.54, 1.807) is 0 Å². The molecule has 22 heavy (non-hydrogen) atoms. The number of aliphatic hydroxyl groups excluding tert-OH is 7. The third-order valence-corrected chi connectivity index (χ3v) is 3.76. The Balaban J connectivity index is 2.81. The summed E-state index contributed by atoms with van der Waals surface area (Å²) < 4.78 is 5.09. The van der Waals surface area contributed by atoms with Gasteiger partial charge in [0.15, 0.2) is 5.78 Å². The number of hydrogen-bond acceptors (Lipinski definition) is 10. The molecule has 9 N–H and O–H groups in total. The van der Waals surface area contributed by atoms with Crippen molar-refractivity contribution in [1.82, 2.24) is 0 Å². The van der Waals surface area contributed by atoms with E-state index in [1.807, 2.05) is 0 Å². The quantitative estimate of drug-likeness (QED) is 0.234. The van der Waals surface area contributed by atoms with Gasteiger partial charge in [0, 0.05) is 0 Å². The van der Waals surface area contributed by atoms with Crippen LogP contribution in [0.25, 0.3) is 0 Å². The van der Waals surface area contributed by atoms with Gasteiger partial charge in [-0.3, -0.25) is 4.79 Å². The van der Waals surface area contributed by atoms with E-state index < -0.39 is 67.3 Å². The van der Waals surface area contributed by atoms with Crippen molar-refractivity contribution in [2.45, 2.75) is 61.8 Å². The highest BCUT2D eigenvalue weighted by atomic mass is 16.5. The smallest absolute Gasteiger partial charge is 0.183 e. The predicted octanol–water partition coefficient (Wildman–Crippen LogP) is -5.17. The zero-order valence-electron chi connectivity index (χ0n) is 11.9. The van der Waals surface area contributed by atoms with E-state index in [4.69, 9.17) is 15.6 Å². The first kappa shape index (κ1) is 19.4. The first-order valence-corrected chi connectivity index (χ1v) is 6.77. The van der Waals surface area contributed by atoms with Crippen molar-refractivity contribution in [3.05, 3.63) is 0 Å². The number of carbonyl (C=O) groups excluding carboxylic acids is 1. The fraction of sp³-hybridized carbons (Fsp3) is 0.917. The molecule has 0 spiro atoms. The molecule has 0 aliphatic carbocycles. The first-order chi connectivity index (χ1) is 10.1. The third-order valence-electron chi connectivity index (χ3n) is 3.76. The molecule has 9 atom stereocenters. The fourth-order valence-corrected chi connectivity index (χ4v) is 2.19. The van der Waals surface area contributed by atoms with Crippen molar-refractivity contribution < 1.29 is 45.3 Å². The molecule has 1 rings (SSSR count). The minimum atomic E-state index is -1.93. The van der Waals surface area contributed by atoms with Gasteiger partial charge in [0.25, 0.3) is 0 Å². The van der Waals surface area contributed by atoms with Crippen LogP contribution in [0.1, 0.15) is 6.92 Å². The number of nitrogens with two attached hydrogens (primary N) is 1. The zero-order valence-corrected chi connectivity index (χ0v) is 11.9. The SMILES string of the molecule is C[C@H]1OC(C(=O)[C@H](N)[C@@H](O)[C@H](O)[C@H](O)CO)[C@H](O)[C@@H](O)[C@H]1O. The van der Waals surface area contributed by atoms with Gasteiger partial charge in [0.1, 0.15) is 42.7 Å². The van der Waals surface area contributed by atoms with Gasteiger partial charge in [-0.15, -0.1) is 0 Å². The molecule has 10 heteroatoms. The van der Waals surface area contributed by atoms with Crippen LogP contribution in [0, 0.1) is 0 Å². The lowest BCUT2D eigenvalue weighted by atomic mass is 9.88. The molecule has 1 aliphatic rings. The molecule has 0 aromatic rings. The van der Waals surface area contributed by atoms with Crippen molar-refractivity contribution in [3.8, 4) is 0 Å². The number of ketones is 1. The number of hydrogen-bond donors (Lipinski definition) is 8. The third kappa shape index (κ3) is 3.79. The summed E-state index contributed by atoms with van der Waals surface area (Å²) in [6.45, 7) is 0.510. The van der Waals surface area contributed by atoms with E-state index in [0.717, 1.165) is 0 Å². The molecule has 0 bridgehead atoms. The van der Waals surface area contributed by atoms with Crippen molar-refractivity contribution in [3.63, 3.8) is 0 Å². The Hall–Kier alpha value is -0.690. The summed E-state index contributed by atoms with van der Waals surface area (Å²) >= 11 is 0. The molecule has 0 radical (unpaired) electrons. The van der Waals surface area contributed by atoms with Crippen LogP contribution in [-0.2, 0) is 9.53 Å². The van der Waals surface area contributed by atoms with E-state index in [2.05, 4.69) is 0 Å². The zero-order chi connectivity index (χ0) is 17.2. The summed E-state index contributed by atoms with van der Waals surface area (Å²) in [5.41, 5.74) is 5.49. The van der Waals surface area contributed by atoms with Gasteiger partial charge in [-0.25, -0.2) is 0 Å². The summed E-state index contributed by atoms with van der Waals surface area (Å²) in [7, 11) is 0. The lowest BCUT2D eigenvalue weighted by Crippen LogP contribution is -2.63. The Labute approximate surface area is 126 Å². The molecule has 0 aromatic carbocycles. The number of aliphatic hydroxyl groups is 7. The number of ether oxygens (including phenoxy) is 1. The van der Waals surface area contributed by atoms with Crippen LogP contribution in [0.15, 0.2) is 0 Å². The van der Waals surface area contributed by atoms with Crippen molar-refractivity contribution in [2.75, 3.05) is 6.61 Å². The molecular formula is C12H23NO9. The summed E-state index contributed by atoms with van der Waals surface area (Å²) in [6, 6.07) is -1.74. The largest absolute Gasteiger partial charge is 0.394 e. The number of Topliss-reactive ketones (excluding diaryl/α,β-unsaturated/α-hetero) is 1. The molecule has 10 nitrogen and oxygen atoms in total. The minimum Gasteiger partial charge on any atom is -0.394 e. The maximum Gasteiger partial charge on any atom is 0.183 e. The normalized spacial score (nSPS) is 38.1. The maximum atomic E-state index is 12.1. The number of carbonyl (C=O) groups is 1. The predicted molar refractivity (Wildman–Crippen MR) is 70.4 cm³/mol. The molecule has 1 fully saturated rings. The van der Waals surface area contributed by atoms with Gasteiger partial charge in [-0.2, -0.15) is 0 Å². The molecular weight excluding hydrogens is 302 g/mol. The molecule has 1 heterocycles. The molecule has 1 unspecified atom stereocenters. The van der Waals surface area contributed by atoms with Crippen LogP contribution in [-0.4, -0.2) is 103 Å². The molecule has 0 aromatic heterocycles. The second kappa shape index (κ2) is 7.73. The average molecular weight is 325 g/mol. The van der Waals surface area contributed by atoms with E-state index in [9.17, 15) is 35.4 Å². The average Bonchev–Trinajstić information content (AvgIpc) is 2.52. The van der Waals surface area contributed by atoms with Crippen LogP contribution >= 0.6 is 0 Å². The summed E-state index contributed by atoms with van der Waals surface area (Å²) in [5.74, 6) is -1.03. The lowest BCUT2D eigenvalue weighted by Gasteiger charge is -2.40. The fourth-order valence-electron chi connectivity index (χ4n) is 2.19. The number of rotatable bonds is 6. The van der Waals surface area contributed by atoms with Gasteiger partial charge in [-0.1, -0.05) is 0 Å². The van der Waals surface area contributed by atoms with Gasteiger partial charge in [0.2, 0.25) is 0 Å². The first-order valence-electron chi connectivity index (χ1n) is 6.77. The Morgan fingerprint density at radius 1 is 1.09 bits per heavy atom. The monoisotopic (exact) mass is 325 g/mol. The van der Waals surface area contributed by atoms with Crippen LogP contribution in [0.3, 0.4) is 0 Å². The summed E-state index contributed by atoms with van der Waals surface area (Å²) in [6.07, 6.45) is -12.9. The van der Waals surface area contributed by atoms with Crippen molar-refractivity contribution in [2.24, 2.45) is 5.73 Å². The van der Waals surface area contributed by atoms with Crippen molar-refractivity contribution >= 4 is 5.78 Å². The highest BCUT2D eigenvalue weighted by Crippen LogP contribution is 2.23. The van der Waals surface area contributed by atoms with Crippen LogP contribution < -0.4 is 5.73 Å². The van der Waals surface area contributed by atoms with Crippen LogP contribution in [0.2, 0.25) is 0 Å². The topological polar surface area (TPSA) is 194 Å². The Bertz CT molecular complexity index is 382. The Kier molecular flexibility index (Phi) is 6.80. The standard InChI is InChI=1S/C12H23NO9/c1-3-6(16)10(20)11(21)12(22-3)9(19)5(13)8(18)7(17)4(15)2-14/h3-8,10-12,14-18,20-21H,2,13H2,1H3/t3-,4-,5-,6+,7-,8-,10+,11-,12?/m1/s1. The molecule has 1 aliphatic heterocycles. The summed E-state index contributed by atoms with van der Waals surface area (Å²) in [5, 5.41) is 66.1. The van der Waals surface area contributed by atoms with E-state index >= 15 is 0 Å². The summed E-state index contributed by atoms with van der Waals surface area (Å²) in [4.78, 5) is 12.1. The molecule has 130 valence electrons. The Morgan fingerprint density at radius 3 is 2.14 bits per heavy atom. The van der Waals surface area contributed by atoms with E-state index in [1.165, 1.54) is 6.92 Å². The molecule has 0 amide bonds. The van der Waals surface area contributed by atoms with Gasteiger partial charge in [-0.05, 0) is 6.92 Å². The second-order valence-electron chi connectivity index (χ2n) is 5.39. The van der Waals surface area contributed by atoms with E-state index in [0.29, 0.717) is 0 Å². The second-order valence-corrected chi connectivity index (χ2v) is 5.39. The maximum absolute atomic E-state index is 12.1. The van der Waals surface area contributed by atoms with Crippen LogP contribution in [0.5, 0.6) is 0 Å². The Morgan fingerprint density at radius 2 is 1.64 bits per heavy atom.